The van der Waals surface area contributed by atoms with Crippen molar-refractivity contribution in [1.29, 1.82) is 0 Å². The molecule has 0 saturated carbocycles. The van der Waals surface area contributed by atoms with Crippen LogP contribution in [0.5, 0.6) is 0 Å². The van der Waals surface area contributed by atoms with Crippen molar-refractivity contribution in [3.63, 3.8) is 0 Å². The summed E-state index contributed by atoms with van der Waals surface area (Å²) in [7, 11) is 0. The van der Waals surface area contributed by atoms with Crippen molar-refractivity contribution in [3.05, 3.63) is 106 Å². The van der Waals surface area contributed by atoms with Crippen molar-refractivity contribution in [2.75, 3.05) is 38.5 Å². The number of nitrogens with two attached hydrogens (primary N) is 1. The van der Waals surface area contributed by atoms with E-state index in [1.165, 1.54) is 11.1 Å². The molecule has 4 rings (SSSR count). The second-order valence-corrected chi connectivity index (χ2v) is 8.00. The Morgan fingerprint density at radius 1 is 0.871 bits per heavy atom. The maximum absolute atomic E-state index is 11.1. The summed E-state index contributed by atoms with van der Waals surface area (Å²) >= 11 is 0. The molecule has 0 unspecified atom stereocenters. The lowest BCUT2D eigenvalue weighted by molar-refractivity contribution is -0.384. The lowest BCUT2D eigenvalue weighted by atomic mass is 9.96. The highest BCUT2D eigenvalue weighted by Crippen LogP contribution is 2.29. The second-order valence-electron chi connectivity index (χ2n) is 8.00. The molecule has 1 saturated heterocycles. The van der Waals surface area contributed by atoms with Gasteiger partial charge in [0.1, 0.15) is 5.69 Å². The Morgan fingerprint density at radius 3 is 2.00 bits per heavy atom. The molecule has 0 aromatic heterocycles. The fourth-order valence-corrected chi connectivity index (χ4v) is 4.32. The van der Waals surface area contributed by atoms with Crippen molar-refractivity contribution < 1.29 is 4.92 Å². The van der Waals surface area contributed by atoms with Crippen LogP contribution in [0.3, 0.4) is 0 Å². The van der Waals surface area contributed by atoms with Gasteiger partial charge >= 0.3 is 0 Å². The molecule has 6 heteroatoms. The predicted molar refractivity (Wildman–Crippen MR) is 124 cm³/mol. The number of nitro groups is 1. The largest absolute Gasteiger partial charge is 0.393 e. The summed E-state index contributed by atoms with van der Waals surface area (Å²) in [6.07, 6.45) is 0.780. The van der Waals surface area contributed by atoms with Crippen LogP contribution >= 0.6 is 0 Å². The van der Waals surface area contributed by atoms with Crippen LogP contribution in [0, 0.1) is 10.1 Å². The molecular weight excluding hydrogens is 388 g/mol. The van der Waals surface area contributed by atoms with Gasteiger partial charge in [0.05, 0.1) is 11.0 Å². The van der Waals surface area contributed by atoms with Crippen LogP contribution in [0.2, 0.25) is 0 Å². The lowest BCUT2D eigenvalue weighted by Gasteiger charge is -2.39. The number of hydrogen-bond acceptors (Lipinski definition) is 5. The van der Waals surface area contributed by atoms with Crippen molar-refractivity contribution in [1.82, 2.24) is 9.80 Å². The molecule has 3 aromatic rings. The van der Waals surface area contributed by atoms with Crippen LogP contribution in [0.1, 0.15) is 22.7 Å². The van der Waals surface area contributed by atoms with E-state index in [4.69, 9.17) is 5.73 Å². The molecule has 0 aliphatic carbocycles. The van der Waals surface area contributed by atoms with Gasteiger partial charge in [-0.25, -0.2) is 0 Å². The highest BCUT2D eigenvalue weighted by molar-refractivity contribution is 5.59. The van der Waals surface area contributed by atoms with Crippen molar-refractivity contribution in [3.8, 4) is 0 Å². The van der Waals surface area contributed by atoms with E-state index >= 15 is 0 Å². The Bertz CT molecular complexity index is 963. The van der Waals surface area contributed by atoms with Crippen LogP contribution in [0.25, 0.3) is 0 Å². The Kier molecular flexibility index (Phi) is 6.60. The third-order valence-electron chi connectivity index (χ3n) is 6.01. The van der Waals surface area contributed by atoms with E-state index < -0.39 is 4.92 Å². The second kappa shape index (κ2) is 9.73. The van der Waals surface area contributed by atoms with Crippen molar-refractivity contribution in [2.24, 2.45) is 0 Å². The van der Waals surface area contributed by atoms with Gasteiger partial charge in [-0.2, -0.15) is 0 Å². The van der Waals surface area contributed by atoms with Crippen LogP contribution in [-0.2, 0) is 6.42 Å². The first-order valence-corrected chi connectivity index (χ1v) is 10.7. The molecule has 6 nitrogen and oxygen atoms in total. The van der Waals surface area contributed by atoms with Gasteiger partial charge in [-0.05, 0) is 29.2 Å². The molecule has 160 valence electrons. The number of benzene rings is 3. The summed E-state index contributed by atoms with van der Waals surface area (Å²) in [5.74, 6) is 0. The van der Waals surface area contributed by atoms with Crippen LogP contribution in [-0.4, -0.2) is 47.4 Å². The van der Waals surface area contributed by atoms with Crippen LogP contribution in [0.15, 0.2) is 78.9 Å². The minimum Gasteiger partial charge on any atom is -0.393 e. The lowest BCUT2D eigenvalue weighted by Crippen LogP contribution is -2.48. The maximum Gasteiger partial charge on any atom is 0.292 e. The summed E-state index contributed by atoms with van der Waals surface area (Å²) < 4.78 is 0. The standard InChI is InChI=1S/C25H28N4O2/c26-23-12-11-20(19-24(23)29(30)31)13-14-27-15-17-28(18-16-27)25(21-7-3-1-4-8-21)22-9-5-2-6-10-22/h1-12,19,25H,13-18,26H2. The van der Waals surface area contributed by atoms with Gasteiger partial charge in [0.25, 0.3) is 5.69 Å². The number of nitrogen functional groups attached to an aromatic ring is 1. The summed E-state index contributed by atoms with van der Waals surface area (Å²) in [4.78, 5) is 15.7. The van der Waals surface area contributed by atoms with Gasteiger partial charge in [0.15, 0.2) is 0 Å². The summed E-state index contributed by atoms with van der Waals surface area (Å²) in [5, 5.41) is 11.1. The summed E-state index contributed by atoms with van der Waals surface area (Å²) in [6, 6.07) is 26.7. The third kappa shape index (κ3) is 5.10. The van der Waals surface area contributed by atoms with Crippen LogP contribution in [0.4, 0.5) is 11.4 Å². The zero-order chi connectivity index (χ0) is 21.6. The minimum absolute atomic E-state index is 0.00381. The fraction of sp³-hybridized carbons (Fsp3) is 0.280. The topological polar surface area (TPSA) is 75.6 Å². The number of hydrogen-bond donors (Lipinski definition) is 1. The number of nitro benzene ring substituents is 1. The first kappa shape index (κ1) is 21.0. The molecule has 1 aliphatic rings. The van der Waals surface area contributed by atoms with Crippen molar-refractivity contribution >= 4 is 11.4 Å². The molecule has 0 atom stereocenters. The third-order valence-corrected chi connectivity index (χ3v) is 6.01. The average Bonchev–Trinajstić information content (AvgIpc) is 2.81. The zero-order valence-corrected chi connectivity index (χ0v) is 17.6. The highest BCUT2D eigenvalue weighted by Gasteiger charge is 2.26. The molecule has 0 amide bonds. The van der Waals surface area contributed by atoms with Gasteiger partial charge < -0.3 is 10.6 Å². The molecule has 31 heavy (non-hydrogen) atoms. The Balaban J connectivity index is 1.39. The van der Waals surface area contributed by atoms with Gasteiger partial charge in [0.2, 0.25) is 0 Å². The van der Waals surface area contributed by atoms with Crippen molar-refractivity contribution in [2.45, 2.75) is 12.5 Å². The number of piperazine rings is 1. The molecule has 2 N–H and O–H groups in total. The van der Waals surface area contributed by atoms with Gasteiger partial charge in [0, 0.05) is 38.8 Å². The van der Waals surface area contributed by atoms with Crippen LogP contribution < -0.4 is 5.73 Å². The Hall–Kier alpha value is -3.22. The van der Waals surface area contributed by atoms with E-state index in [-0.39, 0.29) is 17.4 Å². The number of rotatable bonds is 7. The van der Waals surface area contributed by atoms with E-state index in [9.17, 15) is 10.1 Å². The Labute approximate surface area is 183 Å². The van der Waals surface area contributed by atoms with Gasteiger partial charge in [-0.3, -0.25) is 15.0 Å². The first-order valence-electron chi connectivity index (χ1n) is 10.7. The molecule has 0 radical (unpaired) electrons. The van der Waals surface area contributed by atoms with E-state index in [2.05, 4.69) is 70.5 Å². The fourth-order valence-electron chi connectivity index (χ4n) is 4.32. The molecular formula is C25H28N4O2. The van der Waals surface area contributed by atoms with Gasteiger partial charge in [-0.15, -0.1) is 0 Å². The number of anilines is 1. The predicted octanol–water partition coefficient (Wildman–Crippen LogP) is 4.13. The SMILES string of the molecule is Nc1ccc(CCN2CCN(C(c3ccccc3)c3ccccc3)CC2)cc1[N+](=O)[O-]. The number of nitrogens with zero attached hydrogens (tertiary/aromatic N) is 3. The van der Waals surface area contributed by atoms with E-state index in [0.717, 1.165) is 44.7 Å². The minimum atomic E-state index is -0.412. The molecule has 0 spiro atoms. The maximum atomic E-state index is 11.1. The molecule has 1 aliphatic heterocycles. The smallest absolute Gasteiger partial charge is 0.292 e. The Morgan fingerprint density at radius 2 is 1.45 bits per heavy atom. The molecule has 3 aromatic carbocycles. The van der Waals surface area contributed by atoms with E-state index in [0.29, 0.717) is 0 Å². The molecule has 0 bridgehead atoms. The highest BCUT2D eigenvalue weighted by atomic mass is 16.6. The quantitative estimate of drug-likeness (QED) is 0.356. The monoisotopic (exact) mass is 416 g/mol. The first-order chi connectivity index (χ1) is 15.1. The zero-order valence-electron chi connectivity index (χ0n) is 17.6. The molecule has 1 heterocycles. The average molecular weight is 417 g/mol. The van der Waals surface area contributed by atoms with Gasteiger partial charge in [-0.1, -0.05) is 66.7 Å². The molecule has 1 fully saturated rings. The summed E-state index contributed by atoms with van der Waals surface area (Å²) in [6.45, 7) is 4.81. The van der Waals surface area contributed by atoms with E-state index in [1.807, 2.05) is 6.07 Å². The van der Waals surface area contributed by atoms with E-state index in [1.54, 1.807) is 12.1 Å². The summed E-state index contributed by atoms with van der Waals surface area (Å²) in [5.41, 5.74) is 9.51. The normalized spacial score (nSPS) is 15.3.